The minimum Gasteiger partial charge on any atom is -0.306 e. The monoisotopic (exact) mass is 430 g/mol. The van der Waals surface area contributed by atoms with Gasteiger partial charge in [-0.25, -0.2) is 0 Å². The topological polar surface area (TPSA) is 85.6 Å². The Hall–Kier alpha value is -2.26. The van der Waals surface area contributed by atoms with Gasteiger partial charge in [-0.2, -0.15) is 0 Å². The molecule has 0 aliphatic rings. The quantitative estimate of drug-likeness (QED) is 0.509. The van der Waals surface area contributed by atoms with Crippen LogP contribution >= 0.6 is 23.1 Å². The highest BCUT2D eigenvalue weighted by atomic mass is 32.2. The third-order valence-corrected chi connectivity index (χ3v) is 6.13. The van der Waals surface area contributed by atoms with E-state index in [1.165, 1.54) is 28.7 Å². The van der Waals surface area contributed by atoms with Gasteiger partial charge in [0.2, 0.25) is 11.0 Å². The van der Waals surface area contributed by atoms with Crippen molar-refractivity contribution < 1.29 is 4.79 Å². The minimum absolute atomic E-state index is 0.131. The van der Waals surface area contributed by atoms with Crippen LogP contribution in [0.4, 0.5) is 5.13 Å². The lowest BCUT2D eigenvalue weighted by Gasteiger charge is -2.05. The van der Waals surface area contributed by atoms with Crippen molar-refractivity contribution in [2.45, 2.75) is 52.2 Å². The molecule has 0 bridgehead atoms. The van der Waals surface area contributed by atoms with E-state index in [0.29, 0.717) is 11.0 Å². The average molecular weight is 431 g/mol. The fourth-order valence-electron chi connectivity index (χ4n) is 2.94. The summed E-state index contributed by atoms with van der Waals surface area (Å²) in [4.78, 5) is 12.3. The van der Waals surface area contributed by atoms with Gasteiger partial charge in [-0.15, -0.1) is 20.4 Å². The van der Waals surface area contributed by atoms with Gasteiger partial charge in [-0.3, -0.25) is 10.1 Å². The van der Waals surface area contributed by atoms with Crippen molar-refractivity contribution in [1.29, 1.82) is 0 Å². The van der Waals surface area contributed by atoms with E-state index in [1.54, 1.807) is 0 Å². The third kappa shape index (κ3) is 5.63. The number of aromatic nitrogens is 5. The van der Waals surface area contributed by atoms with E-state index in [9.17, 15) is 4.79 Å². The third-order valence-electron chi connectivity index (χ3n) is 4.27. The fraction of sp³-hybridized carbons (Fsp3) is 0.450. The molecule has 3 rings (SSSR count). The Labute approximate surface area is 179 Å². The fourth-order valence-corrected chi connectivity index (χ4v) is 4.52. The van der Waals surface area contributed by atoms with Gasteiger partial charge in [-0.1, -0.05) is 68.1 Å². The molecule has 3 aromatic rings. The van der Waals surface area contributed by atoms with Crippen LogP contribution in [0.1, 0.15) is 39.1 Å². The first-order valence-electron chi connectivity index (χ1n) is 9.77. The molecule has 2 heterocycles. The molecule has 29 heavy (non-hydrogen) atoms. The zero-order valence-corrected chi connectivity index (χ0v) is 18.8. The van der Waals surface area contributed by atoms with Crippen LogP contribution in [0.3, 0.4) is 0 Å². The van der Waals surface area contributed by atoms with E-state index in [-0.39, 0.29) is 11.7 Å². The van der Waals surface area contributed by atoms with Crippen LogP contribution in [0.5, 0.6) is 0 Å². The summed E-state index contributed by atoms with van der Waals surface area (Å²) in [5.74, 6) is 1.68. The molecule has 0 aliphatic heterocycles. The first-order valence-corrected chi connectivity index (χ1v) is 11.6. The van der Waals surface area contributed by atoms with E-state index < -0.39 is 0 Å². The first-order chi connectivity index (χ1) is 14.0. The summed E-state index contributed by atoms with van der Waals surface area (Å²) in [5.41, 5.74) is 2.32. The van der Waals surface area contributed by atoms with Crippen molar-refractivity contribution in [3.05, 3.63) is 35.7 Å². The molecule has 0 atom stereocenters. The van der Waals surface area contributed by atoms with Gasteiger partial charge < -0.3 is 4.57 Å². The van der Waals surface area contributed by atoms with Gasteiger partial charge in [0.15, 0.2) is 5.16 Å². The maximum Gasteiger partial charge on any atom is 0.236 e. The summed E-state index contributed by atoms with van der Waals surface area (Å²) in [7, 11) is 0. The zero-order valence-electron chi connectivity index (χ0n) is 17.2. The van der Waals surface area contributed by atoms with Crippen molar-refractivity contribution in [1.82, 2.24) is 25.0 Å². The Morgan fingerprint density at radius 1 is 1.14 bits per heavy atom. The van der Waals surface area contributed by atoms with Crippen molar-refractivity contribution in [2.75, 3.05) is 11.1 Å². The van der Waals surface area contributed by atoms with Gasteiger partial charge in [0.05, 0.1) is 5.75 Å². The highest BCUT2D eigenvalue weighted by Gasteiger charge is 2.14. The molecule has 0 radical (unpaired) electrons. The second-order valence-electron chi connectivity index (χ2n) is 7.04. The van der Waals surface area contributed by atoms with Crippen LogP contribution in [0.2, 0.25) is 0 Å². The van der Waals surface area contributed by atoms with Crippen LogP contribution in [-0.4, -0.2) is 36.6 Å². The molecule has 2 aromatic heterocycles. The number of rotatable bonds is 9. The summed E-state index contributed by atoms with van der Waals surface area (Å²) in [5, 5.41) is 21.5. The van der Waals surface area contributed by atoms with Gasteiger partial charge >= 0.3 is 0 Å². The van der Waals surface area contributed by atoms with E-state index in [2.05, 4.69) is 63.8 Å². The molecule has 0 saturated heterocycles. The first kappa shape index (κ1) is 21.4. The van der Waals surface area contributed by atoms with Gasteiger partial charge in [0.25, 0.3) is 0 Å². The number of hydrogen-bond donors (Lipinski definition) is 1. The predicted octanol–water partition coefficient (Wildman–Crippen LogP) is 4.31. The SMILES string of the molecule is CCc1nnc(SCC(=O)Nc2nnc(-c3ccc(CC(C)C)cc3)s2)n1CC. The summed E-state index contributed by atoms with van der Waals surface area (Å²) in [6.07, 6.45) is 1.88. The second-order valence-corrected chi connectivity index (χ2v) is 8.96. The summed E-state index contributed by atoms with van der Waals surface area (Å²) in [6, 6.07) is 8.37. The van der Waals surface area contributed by atoms with Crippen LogP contribution in [0.15, 0.2) is 29.4 Å². The van der Waals surface area contributed by atoms with Gasteiger partial charge in [0, 0.05) is 18.5 Å². The Bertz CT molecular complexity index is 948. The number of hydrogen-bond acceptors (Lipinski definition) is 7. The lowest BCUT2D eigenvalue weighted by atomic mass is 10.0. The van der Waals surface area contributed by atoms with Crippen LogP contribution in [0, 0.1) is 5.92 Å². The van der Waals surface area contributed by atoms with Crippen molar-refractivity contribution in [3.8, 4) is 10.6 Å². The van der Waals surface area contributed by atoms with Crippen molar-refractivity contribution in [2.24, 2.45) is 5.92 Å². The molecular formula is C20H26N6OS2. The average Bonchev–Trinajstić information content (AvgIpc) is 3.32. The molecule has 7 nitrogen and oxygen atoms in total. The van der Waals surface area contributed by atoms with Crippen LogP contribution in [-0.2, 0) is 24.2 Å². The second kappa shape index (κ2) is 9.98. The number of carbonyl (C=O) groups is 1. The van der Waals surface area contributed by atoms with Crippen LogP contribution < -0.4 is 5.32 Å². The summed E-state index contributed by atoms with van der Waals surface area (Å²) < 4.78 is 2.03. The maximum atomic E-state index is 12.3. The summed E-state index contributed by atoms with van der Waals surface area (Å²) >= 11 is 2.75. The molecule has 0 fully saturated rings. The van der Waals surface area contributed by atoms with E-state index in [4.69, 9.17) is 0 Å². The number of nitrogens with zero attached hydrogens (tertiary/aromatic N) is 5. The van der Waals surface area contributed by atoms with E-state index >= 15 is 0 Å². The van der Waals surface area contributed by atoms with Gasteiger partial charge in [-0.05, 0) is 24.8 Å². The molecular weight excluding hydrogens is 404 g/mol. The lowest BCUT2D eigenvalue weighted by Crippen LogP contribution is -2.14. The highest BCUT2D eigenvalue weighted by Crippen LogP contribution is 2.27. The molecule has 0 unspecified atom stereocenters. The standard InChI is InChI=1S/C20H26N6OS2/c1-5-16-22-25-20(26(16)6-2)28-12-17(27)21-19-24-23-18(29-19)15-9-7-14(8-10-15)11-13(3)4/h7-10,13H,5-6,11-12H2,1-4H3,(H,21,24,27). The normalized spacial score (nSPS) is 11.2. The number of carbonyl (C=O) groups excluding carboxylic acids is 1. The number of anilines is 1. The minimum atomic E-state index is -0.131. The Morgan fingerprint density at radius 3 is 2.55 bits per heavy atom. The maximum absolute atomic E-state index is 12.3. The molecule has 9 heteroatoms. The Kier molecular flexibility index (Phi) is 7.38. The number of nitrogens with one attached hydrogen (secondary N) is 1. The number of amides is 1. The Morgan fingerprint density at radius 2 is 1.90 bits per heavy atom. The smallest absolute Gasteiger partial charge is 0.236 e. The number of thioether (sulfide) groups is 1. The Balaban J connectivity index is 1.57. The molecule has 1 N–H and O–H groups in total. The number of benzene rings is 1. The molecule has 154 valence electrons. The molecule has 1 aromatic carbocycles. The molecule has 0 aliphatic carbocycles. The molecule has 0 spiro atoms. The van der Waals surface area contributed by atoms with Gasteiger partial charge in [0.1, 0.15) is 10.8 Å². The lowest BCUT2D eigenvalue weighted by molar-refractivity contribution is -0.113. The predicted molar refractivity (Wildman–Crippen MR) is 118 cm³/mol. The zero-order chi connectivity index (χ0) is 20.8. The molecule has 1 amide bonds. The largest absolute Gasteiger partial charge is 0.306 e. The van der Waals surface area contributed by atoms with Crippen molar-refractivity contribution >= 4 is 34.1 Å². The van der Waals surface area contributed by atoms with Crippen LogP contribution in [0.25, 0.3) is 10.6 Å². The summed E-state index contributed by atoms with van der Waals surface area (Å²) in [6.45, 7) is 9.30. The van der Waals surface area contributed by atoms with E-state index in [1.807, 2.05) is 18.4 Å². The number of aryl methyl sites for hydroxylation is 1. The van der Waals surface area contributed by atoms with Crippen molar-refractivity contribution in [3.63, 3.8) is 0 Å². The van der Waals surface area contributed by atoms with E-state index in [0.717, 1.165) is 40.9 Å². The molecule has 0 saturated carbocycles. The highest BCUT2D eigenvalue weighted by molar-refractivity contribution is 7.99.